The van der Waals surface area contributed by atoms with Crippen molar-refractivity contribution >= 4 is 52.5 Å². The predicted molar refractivity (Wildman–Crippen MR) is 92.9 cm³/mol. The second-order valence-corrected chi connectivity index (χ2v) is 4.87. The van der Waals surface area contributed by atoms with E-state index in [1.54, 1.807) is 6.20 Å². The van der Waals surface area contributed by atoms with Crippen molar-refractivity contribution in [1.29, 1.82) is 0 Å². The van der Waals surface area contributed by atoms with Crippen molar-refractivity contribution in [2.45, 2.75) is 0 Å². The molecule has 0 saturated heterocycles. The Morgan fingerprint density at radius 2 is 1.55 bits per heavy atom. The van der Waals surface area contributed by atoms with Crippen LogP contribution in [0.4, 0.5) is 17.2 Å². The van der Waals surface area contributed by atoms with Gasteiger partial charge in [0.05, 0.1) is 5.71 Å². The summed E-state index contributed by atoms with van der Waals surface area (Å²) < 4.78 is 0. The van der Waals surface area contributed by atoms with Gasteiger partial charge in [-0.2, -0.15) is 0 Å². The predicted octanol–water partition coefficient (Wildman–Crippen LogP) is 3.66. The fourth-order valence-corrected chi connectivity index (χ4v) is 2.51. The summed E-state index contributed by atoms with van der Waals surface area (Å²) in [4.78, 5) is 9.23. The number of aromatic nitrogens is 1. The molecule has 1 aliphatic rings. The second kappa shape index (κ2) is 6.44. The maximum atomic E-state index is 4.84. The SMILES string of the molecule is [NaH].c1ccc(C2=Nc3cccnc3Nc3ccccc32)cc1. The molecule has 0 aliphatic carbocycles. The molecule has 0 bridgehead atoms. The number of hydrogen-bond acceptors (Lipinski definition) is 3. The molecular formula is C18H14N3Na. The van der Waals surface area contributed by atoms with Crippen LogP contribution in [0.3, 0.4) is 0 Å². The molecule has 0 radical (unpaired) electrons. The third kappa shape index (κ3) is 2.71. The average Bonchev–Trinajstić information content (AvgIpc) is 2.72. The van der Waals surface area contributed by atoms with Gasteiger partial charge in [0.1, 0.15) is 5.69 Å². The van der Waals surface area contributed by atoms with Crippen molar-refractivity contribution in [3.63, 3.8) is 0 Å². The largest absolute Gasteiger partial charge is 0.338 e. The average molecular weight is 295 g/mol. The van der Waals surface area contributed by atoms with E-state index in [-0.39, 0.29) is 29.6 Å². The quantitative estimate of drug-likeness (QED) is 0.544. The summed E-state index contributed by atoms with van der Waals surface area (Å²) in [5.74, 6) is 0.788. The summed E-state index contributed by atoms with van der Waals surface area (Å²) in [5.41, 5.74) is 5.03. The molecule has 0 amide bonds. The smallest absolute Gasteiger partial charge is 0.156 e. The normalized spacial score (nSPS) is 11.9. The molecule has 1 aliphatic heterocycles. The molecule has 2 aromatic carbocycles. The molecule has 4 heteroatoms. The fraction of sp³-hybridized carbons (Fsp3) is 0. The third-order valence-corrected chi connectivity index (χ3v) is 3.50. The van der Waals surface area contributed by atoms with Crippen molar-refractivity contribution < 1.29 is 0 Å². The number of nitrogens with one attached hydrogen (secondary N) is 1. The molecule has 0 atom stereocenters. The molecule has 1 aromatic heterocycles. The van der Waals surface area contributed by atoms with Gasteiger partial charge in [-0.15, -0.1) is 0 Å². The Hall–Kier alpha value is -1.94. The summed E-state index contributed by atoms with van der Waals surface area (Å²) in [5, 5.41) is 3.38. The zero-order valence-corrected chi connectivity index (χ0v) is 11.3. The first kappa shape index (κ1) is 15.0. The van der Waals surface area contributed by atoms with E-state index in [0.717, 1.165) is 34.0 Å². The van der Waals surface area contributed by atoms with Gasteiger partial charge in [-0.05, 0) is 18.2 Å². The van der Waals surface area contributed by atoms with Gasteiger partial charge in [-0.3, -0.25) is 0 Å². The van der Waals surface area contributed by atoms with Crippen LogP contribution in [0, 0.1) is 0 Å². The standard InChI is InChI=1S/C18H13N3.Na.H/c1-2-7-13(8-3-1)17-14-9-4-5-10-15(14)21-18-16(20-17)11-6-12-19-18;;/h1-12H,(H,19,21);;. The van der Waals surface area contributed by atoms with Crippen LogP contribution in [-0.2, 0) is 0 Å². The van der Waals surface area contributed by atoms with Gasteiger partial charge in [0.2, 0.25) is 0 Å². The maximum Gasteiger partial charge on any atom is 0.156 e. The number of para-hydroxylation sites is 1. The number of benzene rings is 2. The van der Waals surface area contributed by atoms with Crippen LogP contribution in [0.15, 0.2) is 77.9 Å². The Labute approximate surface area is 151 Å². The van der Waals surface area contributed by atoms with Gasteiger partial charge in [-0.1, -0.05) is 48.5 Å². The van der Waals surface area contributed by atoms with E-state index in [0.29, 0.717) is 0 Å². The van der Waals surface area contributed by atoms with Crippen molar-refractivity contribution in [3.8, 4) is 0 Å². The molecule has 0 spiro atoms. The number of rotatable bonds is 1. The second-order valence-electron chi connectivity index (χ2n) is 4.87. The van der Waals surface area contributed by atoms with Crippen LogP contribution < -0.4 is 5.32 Å². The summed E-state index contributed by atoms with van der Waals surface area (Å²) >= 11 is 0. The zero-order chi connectivity index (χ0) is 14.1. The molecular weight excluding hydrogens is 281 g/mol. The number of hydrogen-bond donors (Lipinski definition) is 1. The Morgan fingerprint density at radius 1 is 0.773 bits per heavy atom. The number of anilines is 2. The Bertz CT molecular complexity index is 829. The Balaban J connectivity index is 0.00000144. The number of fused-ring (bicyclic) bond motifs is 2. The van der Waals surface area contributed by atoms with Gasteiger partial charge in [0.25, 0.3) is 0 Å². The van der Waals surface area contributed by atoms with E-state index >= 15 is 0 Å². The first-order valence-electron chi connectivity index (χ1n) is 6.87. The van der Waals surface area contributed by atoms with Crippen molar-refractivity contribution in [3.05, 3.63) is 84.1 Å². The zero-order valence-electron chi connectivity index (χ0n) is 11.3. The minimum absolute atomic E-state index is 0. The summed E-state index contributed by atoms with van der Waals surface area (Å²) in [6.45, 7) is 0. The third-order valence-electron chi connectivity index (χ3n) is 3.50. The van der Waals surface area contributed by atoms with Crippen LogP contribution in [0.25, 0.3) is 0 Å². The van der Waals surface area contributed by atoms with Crippen molar-refractivity contribution in [2.24, 2.45) is 4.99 Å². The maximum absolute atomic E-state index is 4.84. The van der Waals surface area contributed by atoms with E-state index in [2.05, 4.69) is 34.6 Å². The topological polar surface area (TPSA) is 37.3 Å². The molecule has 0 unspecified atom stereocenters. The number of nitrogens with zero attached hydrogens (tertiary/aromatic N) is 2. The number of pyridine rings is 1. The van der Waals surface area contributed by atoms with E-state index < -0.39 is 0 Å². The Morgan fingerprint density at radius 3 is 2.41 bits per heavy atom. The van der Waals surface area contributed by atoms with E-state index in [1.807, 2.05) is 42.5 Å². The van der Waals surface area contributed by atoms with Gasteiger partial charge < -0.3 is 5.32 Å². The summed E-state index contributed by atoms with van der Waals surface area (Å²) in [6.07, 6.45) is 1.78. The summed E-state index contributed by atoms with van der Waals surface area (Å²) in [7, 11) is 0. The van der Waals surface area contributed by atoms with E-state index in [1.165, 1.54) is 0 Å². The van der Waals surface area contributed by atoms with Crippen LogP contribution >= 0.6 is 0 Å². The van der Waals surface area contributed by atoms with Gasteiger partial charge in [0.15, 0.2) is 5.82 Å². The molecule has 3 aromatic rings. The van der Waals surface area contributed by atoms with Crippen LogP contribution in [0.1, 0.15) is 11.1 Å². The summed E-state index contributed by atoms with van der Waals surface area (Å²) in [6, 6.07) is 22.3. The molecule has 102 valence electrons. The molecule has 3 nitrogen and oxygen atoms in total. The molecule has 1 N–H and O–H groups in total. The molecule has 0 fully saturated rings. The van der Waals surface area contributed by atoms with Crippen LogP contribution in [-0.4, -0.2) is 40.3 Å². The fourth-order valence-electron chi connectivity index (χ4n) is 2.51. The molecule has 4 rings (SSSR count). The van der Waals surface area contributed by atoms with Crippen LogP contribution in [0.2, 0.25) is 0 Å². The van der Waals surface area contributed by atoms with Gasteiger partial charge >= 0.3 is 29.6 Å². The van der Waals surface area contributed by atoms with Crippen molar-refractivity contribution in [2.75, 3.05) is 5.32 Å². The van der Waals surface area contributed by atoms with E-state index in [4.69, 9.17) is 4.99 Å². The minimum atomic E-state index is 0. The molecule has 2 heterocycles. The van der Waals surface area contributed by atoms with Gasteiger partial charge in [0, 0.05) is 23.0 Å². The Kier molecular flexibility index (Phi) is 4.39. The first-order valence-corrected chi connectivity index (χ1v) is 6.87. The first-order chi connectivity index (χ1) is 10.4. The minimum Gasteiger partial charge on any atom is -0.338 e. The van der Waals surface area contributed by atoms with Crippen LogP contribution in [0.5, 0.6) is 0 Å². The van der Waals surface area contributed by atoms with Gasteiger partial charge in [-0.25, -0.2) is 9.98 Å². The van der Waals surface area contributed by atoms with E-state index in [9.17, 15) is 0 Å². The monoisotopic (exact) mass is 295 g/mol. The molecule has 0 saturated carbocycles. The number of aliphatic imine (C=N–C) groups is 1. The molecule has 22 heavy (non-hydrogen) atoms. The van der Waals surface area contributed by atoms with Crippen molar-refractivity contribution in [1.82, 2.24) is 4.98 Å².